The van der Waals surface area contributed by atoms with Crippen LogP contribution in [0.4, 0.5) is 11.6 Å². The highest BCUT2D eigenvalue weighted by Crippen LogP contribution is 2.29. The van der Waals surface area contributed by atoms with Crippen molar-refractivity contribution in [2.45, 2.75) is 6.92 Å². The van der Waals surface area contributed by atoms with Crippen LogP contribution in [-0.2, 0) is 4.74 Å². The number of hydrogen-bond donors (Lipinski definition) is 1. The zero-order valence-electron chi connectivity index (χ0n) is 12.2. The second-order valence-electron chi connectivity index (χ2n) is 4.66. The lowest BCUT2D eigenvalue weighted by Gasteiger charge is -2.27. The molecule has 1 aromatic heterocycles. The predicted molar refractivity (Wildman–Crippen MR) is 74.7 cm³/mol. The molecule has 0 radical (unpaired) electrons. The van der Waals surface area contributed by atoms with Crippen molar-refractivity contribution in [1.82, 2.24) is 9.97 Å². The molecule has 21 heavy (non-hydrogen) atoms. The van der Waals surface area contributed by atoms with E-state index in [2.05, 4.69) is 9.97 Å². The molecule has 0 saturated carbocycles. The molecule has 9 heteroatoms. The minimum atomic E-state index is -0.497. The van der Waals surface area contributed by atoms with Crippen molar-refractivity contribution in [3.05, 3.63) is 15.8 Å². The Morgan fingerprint density at radius 1 is 1.43 bits per heavy atom. The van der Waals surface area contributed by atoms with Crippen LogP contribution in [0, 0.1) is 17.0 Å². The molecule has 1 aliphatic heterocycles. The van der Waals surface area contributed by atoms with Gasteiger partial charge in [0.25, 0.3) is 5.88 Å². The maximum Gasteiger partial charge on any atom is 0.352 e. The van der Waals surface area contributed by atoms with Crippen LogP contribution in [0.5, 0.6) is 5.88 Å². The average molecular weight is 298 g/mol. The Morgan fingerprint density at radius 2 is 2.14 bits per heavy atom. The van der Waals surface area contributed by atoms with Crippen LogP contribution >= 0.6 is 0 Å². The van der Waals surface area contributed by atoms with E-state index in [1.165, 1.54) is 0 Å². The van der Waals surface area contributed by atoms with Gasteiger partial charge >= 0.3 is 5.69 Å². The summed E-state index contributed by atoms with van der Waals surface area (Å²) in [5.74, 6) is 0.493. The quantitative estimate of drug-likeness (QED) is 0.412. The standard InChI is InChI=1S/C12H19N5O4/c1-9-10(17(18)19)11(21-6-3-13-2)15-12(14-9)16-4-7-20-8-5-16/h13H,3-8H2,1-2H3/p+1. The monoisotopic (exact) mass is 298 g/mol. The van der Waals surface area contributed by atoms with E-state index in [-0.39, 0.29) is 11.6 Å². The third-order valence-electron chi connectivity index (χ3n) is 3.14. The van der Waals surface area contributed by atoms with Gasteiger partial charge in [0, 0.05) is 13.1 Å². The maximum atomic E-state index is 11.2. The van der Waals surface area contributed by atoms with Gasteiger partial charge in [0.2, 0.25) is 5.95 Å². The van der Waals surface area contributed by atoms with E-state index < -0.39 is 4.92 Å². The second-order valence-corrected chi connectivity index (χ2v) is 4.66. The molecular weight excluding hydrogens is 278 g/mol. The second kappa shape index (κ2) is 7.14. The van der Waals surface area contributed by atoms with E-state index in [4.69, 9.17) is 9.47 Å². The first kappa shape index (κ1) is 15.4. The van der Waals surface area contributed by atoms with Crippen molar-refractivity contribution in [2.75, 3.05) is 51.4 Å². The van der Waals surface area contributed by atoms with Crippen LogP contribution in [0.2, 0.25) is 0 Å². The van der Waals surface area contributed by atoms with Crippen LogP contribution in [0.25, 0.3) is 0 Å². The Balaban J connectivity index is 2.28. The van der Waals surface area contributed by atoms with Crippen LogP contribution in [0.1, 0.15) is 5.69 Å². The van der Waals surface area contributed by atoms with Gasteiger partial charge in [0.1, 0.15) is 18.8 Å². The first-order chi connectivity index (χ1) is 10.1. The molecule has 1 saturated heterocycles. The van der Waals surface area contributed by atoms with E-state index in [9.17, 15) is 10.1 Å². The first-order valence-corrected chi connectivity index (χ1v) is 6.89. The third kappa shape index (κ3) is 3.76. The number of ether oxygens (including phenoxy) is 2. The minimum Gasteiger partial charge on any atom is -0.467 e. The molecule has 0 unspecified atom stereocenters. The van der Waals surface area contributed by atoms with Crippen molar-refractivity contribution >= 4 is 11.6 Å². The summed E-state index contributed by atoms with van der Waals surface area (Å²) >= 11 is 0. The molecule has 0 spiro atoms. The number of morpholine rings is 1. The highest BCUT2D eigenvalue weighted by Gasteiger charge is 2.26. The van der Waals surface area contributed by atoms with Crippen LogP contribution in [0.15, 0.2) is 0 Å². The third-order valence-corrected chi connectivity index (χ3v) is 3.14. The number of aryl methyl sites for hydroxylation is 1. The van der Waals surface area contributed by atoms with Gasteiger partial charge < -0.3 is 19.7 Å². The van der Waals surface area contributed by atoms with Crippen molar-refractivity contribution in [3.63, 3.8) is 0 Å². The molecule has 116 valence electrons. The Labute approximate surface area is 122 Å². The van der Waals surface area contributed by atoms with Gasteiger partial charge in [0.15, 0.2) is 0 Å². The molecular formula is C12H20N5O4+. The van der Waals surface area contributed by atoms with Crippen LogP contribution in [-0.4, -0.2) is 61.4 Å². The van der Waals surface area contributed by atoms with Gasteiger partial charge in [-0.05, 0) is 6.92 Å². The fraction of sp³-hybridized carbons (Fsp3) is 0.667. The summed E-state index contributed by atoms with van der Waals surface area (Å²) in [5, 5.41) is 13.1. The van der Waals surface area contributed by atoms with Gasteiger partial charge in [-0.25, -0.2) is 4.98 Å². The Bertz CT molecular complexity index is 505. The predicted octanol–water partition coefficient (Wildman–Crippen LogP) is -0.898. The van der Waals surface area contributed by atoms with E-state index >= 15 is 0 Å². The fourth-order valence-electron chi connectivity index (χ4n) is 2.02. The largest absolute Gasteiger partial charge is 0.467 e. The number of aromatic nitrogens is 2. The van der Waals surface area contributed by atoms with Gasteiger partial charge in [-0.15, -0.1) is 0 Å². The summed E-state index contributed by atoms with van der Waals surface area (Å²) in [6.45, 7) is 5.19. The van der Waals surface area contributed by atoms with Gasteiger partial charge in [-0.2, -0.15) is 4.98 Å². The number of likely N-dealkylation sites (N-methyl/N-ethyl adjacent to an activating group) is 1. The molecule has 1 aromatic rings. The molecule has 2 heterocycles. The van der Waals surface area contributed by atoms with Crippen molar-refractivity contribution in [2.24, 2.45) is 0 Å². The maximum absolute atomic E-state index is 11.2. The zero-order valence-corrected chi connectivity index (χ0v) is 12.2. The number of quaternary nitrogens is 1. The summed E-state index contributed by atoms with van der Waals surface area (Å²) in [6.07, 6.45) is 0. The van der Waals surface area contributed by atoms with Gasteiger partial charge in [-0.1, -0.05) is 0 Å². The smallest absolute Gasteiger partial charge is 0.352 e. The van der Waals surface area contributed by atoms with E-state index in [0.717, 1.165) is 0 Å². The molecule has 2 N–H and O–H groups in total. The number of nitrogens with two attached hydrogens (primary N) is 1. The van der Waals surface area contributed by atoms with Crippen LogP contribution < -0.4 is 15.0 Å². The SMILES string of the molecule is C[NH2+]CCOc1nc(N2CCOCC2)nc(C)c1[N+](=O)[O-]. The number of nitro groups is 1. The van der Waals surface area contributed by atoms with E-state index in [1.807, 2.05) is 17.3 Å². The molecule has 0 bridgehead atoms. The normalized spacial score (nSPS) is 15.0. The Kier molecular flexibility index (Phi) is 5.23. The molecule has 0 aromatic carbocycles. The van der Waals surface area contributed by atoms with Crippen LogP contribution in [0.3, 0.4) is 0 Å². The molecule has 1 aliphatic rings. The molecule has 0 amide bonds. The summed E-state index contributed by atoms with van der Waals surface area (Å²) in [4.78, 5) is 21.1. The summed E-state index contributed by atoms with van der Waals surface area (Å²) < 4.78 is 10.8. The number of rotatable bonds is 6. The average Bonchev–Trinajstić information content (AvgIpc) is 2.47. The summed E-state index contributed by atoms with van der Waals surface area (Å²) in [5.41, 5.74) is 0.148. The number of nitrogens with zero attached hydrogens (tertiary/aromatic N) is 4. The van der Waals surface area contributed by atoms with E-state index in [1.54, 1.807) is 6.92 Å². The summed E-state index contributed by atoms with van der Waals surface area (Å²) in [7, 11) is 1.90. The van der Waals surface area contributed by atoms with E-state index in [0.29, 0.717) is 51.1 Å². The Hall–Kier alpha value is -2.00. The van der Waals surface area contributed by atoms with Gasteiger partial charge in [0.05, 0.1) is 25.2 Å². The number of anilines is 1. The van der Waals surface area contributed by atoms with Crippen molar-refractivity contribution in [1.29, 1.82) is 0 Å². The fourth-order valence-corrected chi connectivity index (χ4v) is 2.02. The highest BCUT2D eigenvalue weighted by atomic mass is 16.6. The lowest BCUT2D eigenvalue weighted by atomic mass is 10.3. The number of hydrogen-bond acceptors (Lipinski definition) is 7. The van der Waals surface area contributed by atoms with Crippen molar-refractivity contribution < 1.29 is 19.7 Å². The molecule has 9 nitrogen and oxygen atoms in total. The summed E-state index contributed by atoms with van der Waals surface area (Å²) in [6, 6.07) is 0. The Morgan fingerprint density at radius 3 is 2.76 bits per heavy atom. The topological polar surface area (TPSA) is 107 Å². The lowest BCUT2D eigenvalue weighted by Crippen LogP contribution is -2.80. The molecule has 0 atom stereocenters. The molecule has 1 fully saturated rings. The lowest BCUT2D eigenvalue weighted by molar-refractivity contribution is -0.627. The first-order valence-electron chi connectivity index (χ1n) is 6.89. The zero-order chi connectivity index (χ0) is 15.2. The molecule has 0 aliphatic carbocycles. The molecule has 2 rings (SSSR count). The van der Waals surface area contributed by atoms with Gasteiger partial charge in [-0.3, -0.25) is 10.1 Å². The highest BCUT2D eigenvalue weighted by molar-refractivity contribution is 5.49. The minimum absolute atomic E-state index is 0.0378. The van der Waals surface area contributed by atoms with Crippen molar-refractivity contribution in [3.8, 4) is 5.88 Å².